The number of thioether (sulfide) groups is 1. The van der Waals surface area contributed by atoms with Crippen molar-refractivity contribution in [2.24, 2.45) is 0 Å². The molecule has 0 saturated carbocycles. The Hall–Kier alpha value is -2.22. The number of hydrogen-bond acceptors (Lipinski definition) is 5. The van der Waals surface area contributed by atoms with Crippen molar-refractivity contribution < 1.29 is 24.2 Å². The molecule has 0 aliphatic heterocycles. The first-order valence-electron chi connectivity index (χ1n) is 7.43. The van der Waals surface area contributed by atoms with E-state index in [0.717, 1.165) is 5.56 Å². The normalized spacial score (nSPS) is 12.8. The standard InChI is InChI=1S/C16H22N2O5S/c1-11(15(20)21)17-14(19)13(8-9-24-2)18-16(22)23-10-12-6-4-3-5-7-12/h3-7,11,13H,8-10H2,1-2H3,(H,17,19)(H,18,22)(H,20,21). The second-order valence-corrected chi connectivity index (χ2v) is 6.09. The second-order valence-electron chi connectivity index (χ2n) is 5.11. The van der Waals surface area contributed by atoms with Gasteiger partial charge in [-0.2, -0.15) is 11.8 Å². The van der Waals surface area contributed by atoms with Crippen LogP contribution in [0.5, 0.6) is 0 Å². The van der Waals surface area contributed by atoms with E-state index in [-0.39, 0.29) is 6.61 Å². The van der Waals surface area contributed by atoms with Crippen LogP contribution in [0.15, 0.2) is 30.3 Å². The molecule has 0 bridgehead atoms. The van der Waals surface area contributed by atoms with E-state index in [0.29, 0.717) is 12.2 Å². The number of aliphatic carboxylic acids is 1. The number of benzene rings is 1. The van der Waals surface area contributed by atoms with E-state index in [1.165, 1.54) is 18.7 Å². The van der Waals surface area contributed by atoms with Gasteiger partial charge < -0.3 is 20.5 Å². The summed E-state index contributed by atoms with van der Waals surface area (Å²) in [5.41, 5.74) is 0.831. The van der Waals surface area contributed by atoms with Crippen molar-refractivity contribution in [1.29, 1.82) is 0 Å². The van der Waals surface area contributed by atoms with Crippen LogP contribution < -0.4 is 10.6 Å². The van der Waals surface area contributed by atoms with Gasteiger partial charge in [0.1, 0.15) is 18.7 Å². The lowest BCUT2D eigenvalue weighted by molar-refractivity contribution is -0.141. The number of carboxylic acid groups (broad SMARTS) is 1. The Morgan fingerprint density at radius 3 is 2.46 bits per heavy atom. The number of nitrogens with one attached hydrogen (secondary N) is 2. The topological polar surface area (TPSA) is 105 Å². The molecule has 0 fully saturated rings. The number of rotatable bonds is 9. The van der Waals surface area contributed by atoms with Gasteiger partial charge in [-0.15, -0.1) is 0 Å². The molecule has 0 heterocycles. The van der Waals surface area contributed by atoms with E-state index in [1.54, 1.807) is 0 Å². The Kier molecular flexibility index (Phi) is 8.70. The summed E-state index contributed by atoms with van der Waals surface area (Å²) in [7, 11) is 0. The number of carbonyl (C=O) groups is 3. The maximum atomic E-state index is 12.1. The molecule has 24 heavy (non-hydrogen) atoms. The zero-order valence-electron chi connectivity index (χ0n) is 13.7. The molecule has 7 nitrogen and oxygen atoms in total. The van der Waals surface area contributed by atoms with Gasteiger partial charge in [-0.3, -0.25) is 9.59 Å². The third-order valence-corrected chi connectivity index (χ3v) is 3.81. The van der Waals surface area contributed by atoms with Gasteiger partial charge in [0.15, 0.2) is 0 Å². The number of carboxylic acids is 1. The number of hydrogen-bond donors (Lipinski definition) is 3. The first kappa shape index (κ1) is 19.8. The predicted octanol–water partition coefficient (Wildman–Crippen LogP) is 1.62. The molecule has 0 saturated heterocycles. The van der Waals surface area contributed by atoms with Gasteiger partial charge in [-0.05, 0) is 30.9 Å². The van der Waals surface area contributed by atoms with Crippen LogP contribution >= 0.6 is 11.8 Å². The first-order chi connectivity index (χ1) is 11.4. The minimum absolute atomic E-state index is 0.0923. The highest BCUT2D eigenvalue weighted by atomic mass is 32.2. The molecule has 0 aromatic heterocycles. The highest BCUT2D eigenvalue weighted by Gasteiger charge is 2.24. The van der Waals surface area contributed by atoms with E-state index in [1.807, 2.05) is 36.6 Å². The number of amides is 2. The minimum atomic E-state index is -1.14. The van der Waals surface area contributed by atoms with Crippen LogP contribution in [0.4, 0.5) is 4.79 Å². The molecular formula is C16H22N2O5S. The maximum Gasteiger partial charge on any atom is 0.408 e. The highest BCUT2D eigenvalue weighted by molar-refractivity contribution is 7.98. The molecule has 0 aliphatic carbocycles. The van der Waals surface area contributed by atoms with E-state index in [4.69, 9.17) is 9.84 Å². The van der Waals surface area contributed by atoms with Crippen LogP contribution in [0.2, 0.25) is 0 Å². The largest absolute Gasteiger partial charge is 0.480 e. The zero-order chi connectivity index (χ0) is 17.9. The van der Waals surface area contributed by atoms with Crippen molar-refractivity contribution in [2.45, 2.75) is 32.0 Å². The summed E-state index contributed by atoms with van der Waals surface area (Å²) in [5.74, 6) is -1.05. The molecule has 0 radical (unpaired) electrons. The molecule has 2 unspecified atom stereocenters. The third-order valence-electron chi connectivity index (χ3n) is 3.16. The Morgan fingerprint density at radius 2 is 1.88 bits per heavy atom. The second kappa shape index (κ2) is 10.5. The van der Waals surface area contributed by atoms with E-state index in [2.05, 4.69) is 10.6 Å². The van der Waals surface area contributed by atoms with E-state index < -0.39 is 30.1 Å². The SMILES string of the molecule is CSCCC(NC(=O)OCc1ccccc1)C(=O)NC(C)C(=O)O. The summed E-state index contributed by atoms with van der Waals surface area (Å²) in [6.45, 7) is 1.45. The van der Waals surface area contributed by atoms with Crippen LogP contribution in [0, 0.1) is 0 Å². The van der Waals surface area contributed by atoms with Crippen LogP contribution in [0.1, 0.15) is 18.9 Å². The Balaban J connectivity index is 2.55. The third kappa shape index (κ3) is 7.36. The molecule has 1 rings (SSSR count). The molecule has 0 aliphatic rings. The fourth-order valence-corrected chi connectivity index (χ4v) is 2.26. The monoisotopic (exact) mass is 354 g/mol. The number of ether oxygens (including phenoxy) is 1. The van der Waals surface area contributed by atoms with Gasteiger partial charge in [0.2, 0.25) is 5.91 Å². The molecule has 2 atom stereocenters. The lowest BCUT2D eigenvalue weighted by Crippen LogP contribution is -2.51. The van der Waals surface area contributed by atoms with Gasteiger partial charge in [0, 0.05) is 0 Å². The molecule has 1 aromatic carbocycles. The fraction of sp³-hybridized carbons (Fsp3) is 0.438. The van der Waals surface area contributed by atoms with Gasteiger partial charge in [0.05, 0.1) is 0 Å². The smallest absolute Gasteiger partial charge is 0.408 e. The molecule has 1 aromatic rings. The average Bonchev–Trinajstić information content (AvgIpc) is 2.57. The fourth-order valence-electron chi connectivity index (χ4n) is 1.79. The summed E-state index contributed by atoms with van der Waals surface area (Å²) in [4.78, 5) is 34.8. The molecule has 132 valence electrons. The quantitative estimate of drug-likeness (QED) is 0.622. The summed E-state index contributed by atoms with van der Waals surface area (Å²) >= 11 is 1.52. The minimum Gasteiger partial charge on any atom is -0.480 e. The summed E-state index contributed by atoms with van der Waals surface area (Å²) in [6, 6.07) is 7.28. The van der Waals surface area contributed by atoms with Crippen LogP contribution in [0.25, 0.3) is 0 Å². The van der Waals surface area contributed by atoms with Gasteiger partial charge in [-0.25, -0.2) is 4.79 Å². The average molecular weight is 354 g/mol. The van der Waals surface area contributed by atoms with Crippen LogP contribution in [0.3, 0.4) is 0 Å². The lowest BCUT2D eigenvalue weighted by atomic mass is 10.2. The number of alkyl carbamates (subject to hydrolysis) is 1. The molecule has 0 spiro atoms. The summed E-state index contributed by atoms with van der Waals surface area (Å²) in [5, 5.41) is 13.7. The summed E-state index contributed by atoms with van der Waals surface area (Å²) < 4.78 is 5.09. The van der Waals surface area contributed by atoms with Crippen LogP contribution in [-0.4, -0.2) is 47.2 Å². The number of carbonyl (C=O) groups excluding carboxylic acids is 2. The summed E-state index contributed by atoms with van der Waals surface area (Å²) in [6.07, 6.45) is 1.53. The molecule has 8 heteroatoms. The lowest BCUT2D eigenvalue weighted by Gasteiger charge is -2.19. The van der Waals surface area contributed by atoms with Crippen LogP contribution in [-0.2, 0) is 20.9 Å². The molecule has 2 amide bonds. The molecule has 3 N–H and O–H groups in total. The maximum absolute atomic E-state index is 12.1. The Bertz CT molecular complexity index is 553. The van der Waals surface area contributed by atoms with Crippen molar-refractivity contribution in [2.75, 3.05) is 12.0 Å². The van der Waals surface area contributed by atoms with E-state index >= 15 is 0 Å². The van der Waals surface area contributed by atoms with Crippen molar-refractivity contribution in [1.82, 2.24) is 10.6 Å². The van der Waals surface area contributed by atoms with Gasteiger partial charge in [-0.1, -0.05) is 30.3 Å². The Labute approximate surface area is 145 Å². The van der Waals surface area contributed by atoms with Crippen molar-refractivity contribution in [3.8, 4) is 0 Å². The predicted molar refractivity (Wildman–Crippen MR) is 91.8 cm³/mol. The highest BCUT2D eigenvalue weighted by Crippen LogP contribution is 2.04. The van der Waals surface area contributed by atoms with Gasteiger partial charge in [0.25, 0.3) is 0 Å². The zero-order valence-corrected chi connectivity index (χ0v) is 14.5. The Morgan fingerprint density at radius 1 is 1.21 bits per heavy atom. The molecular weight excluding hydrogens is 332 g/mol. The van der Waals surface area contributed by atoms with Crippen molar-refractivity contribution >= 4 is 29.7 Å². The van der Waals surface area contributed by atoms with Crippen molar-refractivity contribution in [3.05, 3.63) is 35.9 Å². The van der Waals surface area contributed by atoms with Gasteiger partial charge >= 0.3 is 12.1 Å². The van der Waals surface area contributed by atoms with E-state index in [9.17, 15) is 14.4 Å². The first-order valence-corrected chi connectivity index (χ1v) is 8.82. The van der Waals surface area contributed by atoms with Crippen molar-refractivity contribution in [3.63, 3.8) is 0 Å².